The molecule has 0 radical (unpaired) electrons. The smallest absolute Gasteiger partial charge is 0.303 e. The van der Waals surface area contributed by atoms with Gasteiger partial charge in [0.15, 0.2) is 0 Å². The molecule has 0 bridgehead atoms. The molecule has 1 aliphatic carbocycles. The second kappa shape index (κ2) is 5.66. The molecule has 1 amide bonds. The molecule has 0 aromatic heterocycles. The van der Waals surface area contributed by atoms with E-state index in [4.69, 9.17) is 5.11 Å². The summed E-state index contributed by atoms with van der Waals surface area (Å²) in [5.74, 6) is -1.56. The van der Waals surface area contributed by atoms with Gasteiger partial charge in [-0.1, -0.05) is 12.8 Å². The summed E-state index contributed by atoms with van der Waals surface area (Å²) in [6.07, 6.45) is 3.78. The summed E-state index contributed by atoms with van der Waals surface area (Å²) in [6, 6.07) is 0. The summed E-state index contributed by atoms with van der Waals surface area (Å²) in [6.45, 7) is 0. The molecule has 2 N–H and O–H groups in total. The molecule has 0 aliphatic heterocycles. The van der Waals surface area contributed by atoms with Crippen molar-refractivity contribution in [2.45, 2.75) is 38.5 Å². The van der Waals surface area contributed by atoms with Crippen LogP contribution in [0, 0.1) is 5.41 Å². The van der Waals surface area contributed by atoms with E-state index in [1.165, 1.54) is 0 Å². The molecule has 1 aliphatic rings. The van der Waals surface area contributed by atoms with Gasteiger partial charge in [-0.25, -0.2) is 5.48 Å². The van der Waals surface area contributed by atoms with Gasteiger partial charge in [0, 0.05) is 6.42 Å². The van der Waals surface area contributed by atoms with Gasteiger partial charge < -0.3 is 5.11 Å². The van der Waals surface area contributed by atoms with Crippen molar-refractivity contribution in [2.75, 3.05) is 6.26 Å². The van der Waals surface area contributed by atoms with Crippen LogP contribution in [0.4, 0.5) is 0 Å². The number of carboxylic acids is 1. The summed E-state index contributed by atoms with van der Waals surface area (Å²) < 4.78 is 25.6. The number of hydroxylamine groups is 1. The van der Waals surface area contributed by atoms with Gasteiger partial charge in [-0.3, -0.25) is 9.59 Å². The quantitative estimate of drug-likeness (QED) is 0.682. The van der Waals surface area contributed by atoms with Gasteiger partial charge in [-0.05, 0) is 18.3 Å². The summed E-state index contributed by atoms with van der Waals surface area (Å²) in [4.78, 5) is 22.3. The highest BCUT2D eigenvalue weighted by atomic mass is 32.2. The SMILES string of the molecule is CS(=O)(=O)ONC(=O)CC1(CC(=O)O)CCCC1. The van der Waals surface area contributed by atoms with Gasteiger partial charge in [0.2, 0.25) is 5.91 Å². The van der Waals surface area contributed by atoms with E-state index in [0.717, 1.165) is 19.1 Å². The Morgan fingerprint density at radius 2 is 1.83 bits per heavy atom. The van der Waals surface area contributed by atoms with Crippen molar-refractivity contribution in [3.63, 3.8) is 0 Å². The lowest BCUT2D eigenvalue weighted by molar-refractivity contribution is -0.141. The van der Waals surface area contributed by atoms with E-state index in [9.17, 15) is 18.0 Å². The van der Waals surface area contributed by atoms with Crippen LogP contribution in [-0.2, 0) is 24.0 Å². The Kier molecular flexibility index (Phi) is 4.69. The highest BCUT2D eigenvalue weighted by Crippen LogP contribution is 2.43. The third-order valence-corrected chi connectivity index (χ3v) is 3.42. The fourth-order valence-electron chi connectivity index (χ4n) is 2.36. The molecular weight excluding hydrogens is 262 g/mol. The average Bonchev–Trinajstić information content (AvgIpc) is 2.61. The van der Waals surface area contributed by atoms with Gasteiger partial charge in [-0.2, -0.15) is 8.42 Å². The predicted octanol–water partition coefficient (Wildman–Crippen LogP) is 0.419. The lowest BCUT2D eigenvalue weighted by Crippen LogP contribution is -2.33. The van der Waals surface area contributed by atoms with Crippen molar-refractivity contribution >= 4 is 22.0 Å². The number of carbonyl (C=O) groups is 2. The van der Waals surface area contributed by atoms with Crippen LogP contribution in [0.2, 0.25) is 0 Å². The van der Waals surface area contributed by atoms with Gasteiger partial charge in [0.05, 0.1) is 12.7 Å². The molecule has 18 heavy (non-hydrogen) atoms. The second-order valence-electron chi connectivity index (χ2n) is 4.77. The third kappa shape index (κ3) is 5.01. The monoisotopic (exact) mass is 279 g/mol. The van der Waals surface area contributed by atoms with Crippen LogP contribution in [0.1, 0.15) is 38.5 Å². The number of carboxylic acid groups (broad SMARTS) is 1. The molecule has 1 saturated carbocycles. The molecule has 0 unspecified atom stereocenters. The van der Waals surface area contributed by atoms with Crippen LogP contribution in [0.3, 0.4) is 0 Å². The van der Waals surface area contributed by atoms with E-state index in [1.807, 2.05) is 5.48 Å². The number of hydrogen-bond acceptors (Lipinski definition) is 5. The fourth-order valence-corrected chi connectivity index (χ4v) is 2.61. The minimum atomic E-state index is -3.74. The number of carbonyl (C=O) groups excluding carboxylic acids is 1. The standard InChI is InChI=1S/C10H17NO6S/c1-18(15,16)17-11-8(12)6-10(7-9(13)14)4-2-3-5-10/h2-7H2,1H3,(H,11,12)(H,13,14). The lowest BCUT2D eigenvalue weighted by atomic mass is 9.79. The molecular formula is C10H17NO6S. The van der Waals surface area contributed by atoms with E-state index in [0.29, 0.717) is 12.8 Å². The third-order valence-electron chi connectivity index (χ3n) is 3.03. The Morgan fingerprint density at radius 1 is 1.28 bits per heavy atom. The van der Waals surface area contributed by atoms with Crippen LogP contribution >= 0.6 is 0 Å². The minimum absolute atomic E-state index is 0.0329. The molecule has 0 heterocycles. The predicted molar refractivity (Wildman–Crippen MR) is 61.8 cm³/mol. The molecule has 0 aromatic rings. The fraction of sp³-hybridized carbons (Fsp3) is 0.800. The Labute approximate surface area is 106 Å². The summed E-state index contributed by atoms with van der Waals surface area (Å²) in [5.41, 5.74) is 1.26. The highest BCUT2D eigenvalue weighted by molar-refractivity contribution is 7.85. The Morgan fingerprint density at radius 3 is 2.28 bits per heavy atom. The van der Waals surface area contributed by atoms with Crippen LogP contribution in [0.25, 0.3) is 0 Å². The summed E-state index contributed by atoms with van der Waals surface area (Å²) in [7, 11) is -3.74. The number of amides is 1. The summed E-state index contributed by atoms with van der Waals surface area (Å²) >= 11 is 0. The zero-order valence-electron chi connectivity index (χ0n) is 10.1. The molecule has 1 rings (SSSR count). The molecule has 0 saturated heterocycles. The van der Waals surface area contributed by atoms with Crippen molar-refractivity contribution in [1.82, 2.24) is 5.48 Å². The largest absolute Gasteiger partial charge is 0.481 e. The van der Waals surface area contributed by atoms with Gasteiger partial charge in [-0.15, -0.1) is 4.28 Å². The number of aliphatic carboxylic acids is 1. The summed E-state index contributed by atoms with van der Waals surface area (Å²) in [5, 5.41) is 8.85. The van der Waals surface area contributed by atoms with Crippen LogP contribution < -0.4 is 5.48 Å². The maximum Gasteiger partial charge on any atom is 0.303 e. The molecule has 7 nitrogen and oxygen atoms in total. The first-order valence-electron chi connectivity index (χ1n) is 5.62. The maximum atomic E-state index is 11.5. The van der Waals surface area contributed by atoms with Crippen LogP contribution in [-0.4, -0.2) is 31.7 Å². The van der Waals surface area contributed by atoms with E-state index in [-0.39, 0.29) is 12.8 Å². The minimum Gasteiger partial charge on any atom is -0.481 e. The van der Waals surface area contributed by atoms with Crippen molar-refractivity contribution in [3.8, 4) is 0 Å². The first-order valence-corrected chi connectivity index (χ1v) is 7.43. The molecule has 1 fully saturated rings. The first-order chi connectivity index (χ1) is 8.22. The normalized spacial score (nSPS) is 18.5. The van der Waals surface area contributed by atoms with Crippen molar-refractivity contribution in [2.24, 2.45) is 5.41 Å². The van der Waals surface area contributed by atoms with E-state index >= 15 is 0 Å². The molecule has 104 valence electrons. The van der Waals surface area contributed by atoms with E-state index < -0.39 is 27.4 Å². The number of rotatable bonds is 6. The molecule has 0 atom stereocenters. The zero-order chi connectivity index (χ0) is 13.8. The van der Waals surface area contributed by atoms with Crippen molar-refractivity contribution in [1.29, 1.82) is 0 Å². The highest BCUT2D eigenvalue weighted by Gasteiger charge is 2.38. The topological polar surface area (TPSA) is 110 Å². The maximum absolute atomic E-state index is 11.5. The molecule has 0 spiro atoms. The Balaban J connectivity index is 2.56. The van der Waals surface area contributed by atoms with E-state index in [1.54, 1.807) is 0 Å². The van der Waals surface area contributed by atoms with Gasteiger partial charge in [0.1, 0.15) is 0 Å². The second-order valence-corrected chi connectivity index (χ2v) is 6.34. The molecule has 8 heteroatoms. The van der Waals surface area contributed by atoms with Crippen LogP contribution in [0.15, 0.2) is 0 Å². The Hall–Kier alpha value is -1.15. The lowest BCUT2D eigenvalue weighted by Gasteiger charge is -2.25. The van der Waals surface area contributed by atoms with Gasteiger partial charge in [0.25, 0.3) is 10.1 Å². The zero-order valence-corrected chi connectivity index (χ0v) is 11.0. The first kappa shape index (κ1) is 14.9. The van der Waals surface area contributed by atoms with Crippen molar-refractivity contribution in [3.05, 3.63) is 0 Å². The average molecular weight is 279 g/mol. The van der Waals surface area contributed by atoms with Crippen molar-refractivity contribution < 1.29 is 27.4 Å². The van der Waals surface area contributed by atoms with Crippen LogP contribution in [0.5, 0.6) is 0 Å². The molecule has 0 aromatic carbocycles. The van der Waals surface area contributed by atoms with E-state index in [2.05, 4.69) is 4.28 Å². The van der Waals surface area contributed by atoms with Gasteiger partial charge >= 0.3 is 5.97 Å². The number of hydrogen-bond donors (Lipinski definition) is 2. The number of nitrogens with one attached hydrogen (secondary N) is 1. The Bertz CT molecular complexity index is 424.